The molecule has 0 unspecified atom stereocenters. The summed E-state index contributed by atoms with van der Waals surface area (Å²) < 4.78 is 0. The first kappa shape index (κ1) is 18.5. The second-order valence-electron chi connectivity index (χ2n) is 8.46. The summed E-state index contributed by atoms with van der Waals surface area (Å²) in [6, 6.07) is 8.79. The first-order chi connectivity index (χ1) is 13.1. The lowest BCUT2D eigenvalue weighted by Gasteiger charge is -2.42. The van der Waals surface area contributed by atoms with Gasteiger partial charge in [-0.3, -0.25) is 14.5 Å². The van der Waals surface area contributed by atoms with Crippen LogP contribution in [0, 0.1) is 12.8 Å². The summed E-state index contributed by atoms with van der Waals surface area (Å²) in [4.78, 5) is 29.7. The third-order valence-corrected chi connectivity index (χ3v) is 6.39. The zero-order valence-electron chi connectivity index (χ0n) is 16.3. The van der Waals surface area contributed by atoms with Crippen molar-refractivity contribution in [3.8, 4) is 0 Å². The van der Waals surface area contributed by atoms with Crippen LogP contribution < -0.4 is 5.32 Å². The van der Waals surface area contributed by atoms with Gasteiger partial charge in [-0.1, -0.05) is 18.2 Å². The number of rotatable bonds is 4. The molecule has 27 heavy (non-hydrogen) atoms. The van der Waals surface area contributed by atoms with Gasteiger partial charge in [-0.25, -0.2) is 0 Å². The number of aryl methyl sites for hydroxylation is 1. The normalized spacial score (nSPS) is 24.6. The van der Waals surface area contributed by atoms with Crippen LogP contribution in [-0.4, -0.2) is 59.9 Å². The average molecular weight is 370 g/mol. The number of hydrogen-bond donors (Lipinski definition) is 1. The molecule has 1 atom stereocenters. The third kappa shape index (κ3) is 4.34. The lowest BCUT2D eigenvalue weighted by molar-refractivity contribution is -0.127. The van der Waals surface area contributed by atoms with E-state index in [-0.39, 0.29) is 17.7 Å². The molecule has 1 aliphatic carbocycles. The number of amides is 2. The van der Waals surface area contributed by atoms with E-state index in [1.54, 1.807) is 0 Å². The molecule has 2 aliphatic heterocycles. The number of carbonyl (C=O) groups is 2. The van der Waals surface area contributed by atoms with Crippen molar-refractivity contribution in [1.29, 1.82) is 0 Å². The summed E-state index contributed by atoms with van der Waals surface area (Å²) >= 11 is 0. The standard InChI is InChI=1S/C22H31N3O2/c1-16-5-2-3-7-20(16)22(27)24-13-10-19(11-14-24)25-12-4-6-17(15-25)21(26)23-18-8-9-18/h2-3,5,7,17-19H,4,6,8-15H2,1H3,(H,23,26)/t17-/m0/s1. The van der Waals surface area contributed by atoms with E-state index in [1.807, 2.05) is 36.1 Å². The van der Waals surface area contributed by atoms with E-state index < -0.39 is 0 Å². The van der Waals surface area contributed by atoms with Crippen LogP contribution in [0.15, 0.2) is 24.3 Å². The molecule has 5 nitrogen and oxygen atoms in total. The Morgan fingerprint density at radius 1 is 1.00 bits per heavy atom. The molecule has 146 valence electrons. The van der Waals surface area contributed by atoms with Crippen LogP contribution in [0.25, 0.3) is 0 Å². The molecule has 1 aromatic rings. The fourth-order valence-electron chi connectivity index (χ4n) is 4.52. The number of benzene rings is 1. The minimum atomic E-state index is 0.144. The van der Waals surface area contributed by atoms with E-state index in [4.69, 9.17) is 0 Å². The largest absolute Gasteiger partial charge is 0.353 e. The van der Waals surface area contributed by atoms with Crippen molar-refractivity contribution in [3.05, 3.63) is 35.4 Å². The van der Waals surface area contributed by atoms with Gasteiger partial charge in [0.25, 0.3) is 5.91 Å². The topological polar surface area (TPSA) is 52.7 Å². The van der Waals surface area contributed by atoms with Gasteiger partial charge in [-0.2, -0.15) is 0 Å². The third-order valence-electron chi connectivity index (χ3n) is 6.39. The zero-order chi connectivity index (χ0) is 18.8. The Balaban J connectivity index is 1.30. The Hall–Kier alpha value is -1.88. The monoisotopic (exact) mass is 369 g/mol. The maximum atomic E-state index is 12.8. The van der Waals surface area contributed by atoms with Gasteiger partial charge >= 0.3 is 0 Å². The molecule has 0 aromatic heterocycles. The quantitative estimate of drug-likeness (QED) is 0.888. The number of hydrogen-bond acceptors (Lipinski definition) is 3. The van der Waals surface area contributed by atoms with Crippen molar-refractivity contribution in [1.82, 2.24) is 15.1 Å². The van der Waals surface area contributed by atoms with Gasteiger partial charge in [0.05, 0.1) is 5.92 Å². The number of carbonyl (C=O) groups excluding carboxylic acids is 2. The Bertz CT molecular complexity index is 693. The number of nitrogens with zero attached hydrogens (tertiary/aromatic N) is 2. The van der Waals surface area contributed by atoms with Crippen LogP contribution in [0.1, 0.15) is 54.4 Å². The van der Waals surface area contributed by atoms with Crippen LogP contribution in [0.2, 0.25) is 0 Å². The second kappa shape index (κ2) is 8.01. The Labute approximate surface area is 162 Å². The van der Waals surface area contributed by atoms with Crippen LogP contribution in [0.5, 0.6) is 0 Å². The zero-order valence-corrected chi connectivity index (χ0v) is 16.3. The van der Waals surface area contributed by atoms with Gasteiger partial charge in [-0.15, -0.1) is 0 Å². The van der Waals surface area contributed by atoms with E-state index >= 15 is 0 Å². The SMILES string of the molecule is Cc1ccccc1C(=O)N1CCC(N2CCC[C@H](C(=O)NC3CC3)C2)CC1. The van der Waals surface area contributed by atoms with E-state index in [0.717, 1.165) is 75.8 Å². The number of piperidine rings is 2. The molecule has 3 fully saturated rings. The summed E-state index contributed by atoms with van der Waals surface area (Å²) in [6.45, 7) is 5.60. The number of likely N-dealkylation sites (tertiary alicyclic amines) is 2. The summed E-state index contributed by atoms with van der Waals surface area (Å²) in [5, 5.41) is 3.17. The van der Waals surface area contributed by atoms with E-state index in [9.17, 15) is 9.59 Å². The molecule has 3 aliphatic rings. The fraction of sp³-hybridized carbons (Fsp3) is 0.636. The van der Waals surface area contributed by atoms with Crippen LogP contribution in [0.3, 0.4) is 0 Å². The summed E-state index contributed by atoms with van der Waals surface area (Å²) in [5.41, 5.74) is 1.87. The molecular formula is C22H31N3O2. The summed E-state index contributed by atoms with van der Waals surface area (Å²) in [6.07, 6.45) is 6.43. The lowest BCUT2D eigenvalue weighted by atomic mass is 9.93. The molecule has 0 radical (unpaired) electrons. The Morgan fingerprint density at radius 3 is 2.44 bits per heavy atom. The first-order valence-electron chi connectivity index (χ1n) is 10.5. The average Bonchev–Trinajstić information content (AvgIpc) is 3.52. The van der Waals surface area contributed by atoms with Crippen LogP contribution in [-0.2, 0) is 4.79 Å². The second-order valence-corrected chi connectivity index (χ2v) is 8.46. The van der Waals surface area contributed by atoms with Crippen molar-refractivity contribution < 1.29 is 9.59 Å². The number of nitrogens with one attached hydrogen (secondary N) is 1. The predicted octanol–water partition coefficient (Wildman–Crippen LogP) is 2.59. The molecule has 0 bridgehead atoms. The summed E-state index contributed by atoms with van der Waals surface area (Å²) in [7, 11) is 0. The molecule has 2 saturated heterocycles. The van der Waals surface area contributed by atoms with Gasteiger partial charge in [0.1, 0.15) is 0 Å². The first-order valence-corrected chi connectivity index (χ1v) is 10.5. The molecule has 1 aromatic carbocycles. The maximum absolute atomic E-state index is 12.8. The highest BCUT2D eigenvalue weighted by molar-refractivity contribution is 5.95. The van der Waals surface area contributed by atoms with Crippen molar-refractivity contribution in [2.75, 3.05) is 26.2 Å². The smallest absolute Gasteiger partial charge is 0.254 e. The maximum Gasteiger partial charge on any atom is 0.254 e. The predicted molar refractivity (Wildman–Crippen MR) is 106 cm³/mol. The molecule has 1 saturated carbocycles. The molecule has 1 N–H and O–H groups in total. The van der Waals surface area contributed by atoms with Gasteiger partial charge < -0.3 is 10.2 Å². The highest BCUT2D eigenvalue weighted by Crippen LogP contribution is 2.26. The summed E-state index contributed by atoms with van der Waals surface area (Å²) in [5.74, 6) is 0.562. The molecular weight excluding hydrogens is 338 g/mol. The molecule has 5 heteroatoms. The van der Waals surface area contributed by atoms with Crippen LogP contribution in [0.4, 0.5) is 0 Å². The molecule has 2 heterocycles. The lowest BCUT2D eigenvalue weighted by Crippen LogP contribution is -2.51. The van der Waals surface area contributed by atoms with Gasteiger partial charge in [-0.05, 0) is 63.6 Å². The van der Waals surface area contributed by atoms with Gasteiger partial charge in [0, 0.05) is 37.3 Å². The van der Waals surface area contributed by atoms with Gasteiger partial charge in [0.15, 0.2) is 0 Å². The minimum absolute atomic E-state index is 0.144. The Kier molecular flexibility index (Phi) is 5.48. The highest BCUT2D eigenvalue weighted by atomic mass is 16.2. The highest BCUT2D eigenvalue weighted by Gasteiger charge is 2.34. The van der Waals surface area contributed by atoms with Crippen LogP contribution >= 0.6 is 0 Å². The van der Waals surface area contributed by atoms with Crippen molar-refractivity contribution in [2.24, 2.45) is 5.92 Å². The van der Waals surface area contributed by atoms with Gasteiger partial charge in [0.2, 0.25) is 5.91 Å². The Morgan fingerprint density at radius 2 is 1.74 bits per heavy atom. The van der Waals surface area contributed by atoms with Crippen molar-refractivity contribution in [2.45, 2.75) is 57.5 Å². The van der Waals surface area contributed by atoms with Crippen molar-refractivity contribution >= 4 is 11.8 Å². The molecule has 0 spiro atoms. The fourth-order valence-corrected chi connectivity index (χ4v) is 4.52. The minimum Gasteiger partial charge on any atom is -0.353 e. The van der Waals surface area contributed by atoms with E-state index in [0.29, 0.717) is 12.1 Å². The van der Waals surface area contributed by atoms with E-state index in [1.165, 1.54) is 0 Å². The molecule has 2 amide bonds. The molecule has 4 rings (SSSR count). The van der Waals surface area contributed by atoms with E-state index in [2.05, 4.69) is 10.2 Å². The van der Waals surface area contributed by atoms with Crippen molar-refractivity contribution in [3.63, 3.8) is 0 Å².